The summed E-state index contributed by atoms with van der Waals surface area (Å²) < 4.78 is 0. The molecule has 0 bridgehead atoms. The number of hydrogen-bond donors (Lipinski definition) is 1. The summed E-state index contributed by atoms with van der Waals surface area (Å²) >= 11 is 1.69. The van der Waals surface area contributed by atoms with Gasteiger partial charge < -0.3 is 5.32 Å². The van der Waals surface area contributed by atoms with E-state index in [0.29, 0.717) is 0 Å². The molecule has 0 fully saturated rings. The molecule has 0 aliphatic heterocycles. The van der Waals surface area contributed by atoms with Crippen LogP contribution in [0.4, 0.5) is 5.82 Å². The average molecular weight is 274 g/mol. The number of aromatic nitrogens is 3. The quantitative estimate of drug-likeness (QED) is 0.931. The summed E-state index contributed by atoms with van der Waals surface area (Å²) in [6.07, 6.45) is 4.13. The minimum Gasteiger partial charge on any atom is -0.370 e. The number of anilines is 1. The third-order valence-corrected chi connectivity index (χ3v) is 4.27. The minimum absolute atomic E-state index is 0.740. The fourth-order valence-corrected chi connectivity index (χ4v) is 3.26. The Morgan fingerprint density at radius 2 is 2.16 bits per heavy atom. The van der Waals surface area contributed by atoms with E-state index in [4.69, 9.17) is 4.98 Å². The molecule has 1 aliphatic carbocycles. The summed E-state index contributed by atoms with van der Waals surface area (Å²) in [6.45, 7) is 5.03. The number of aryl methyl sites for hydroxylation is 2. The molecule has 0 amide bonds. The Morgan fingerprint density at radius 1 is 1.26 bits per heavy atom. The second-order valence-corrected chi connectivity index (χ2v) is 5.80. The number of nitrogens with one attached hydrogen (secondary N) is 1. The maximum absolute atomic E-state index is 4.72. The molecule has 0 spiro atoms. The topological polar surface area (TPSA) is 50.7 Å². The Balaban J connectivity index is 1.91. The molecule has 3 rings (SSSR count). The molecule has 2 heterocycles. The lowest BCUT2D eigenvalue weighted by molar-refractivity contribution is 0.883. The zero-order chi connectivity index (χ0) is 13.2. The molecule has 5 heteroatoms. The molecule has 0 radical (unpaired) electrons. The van der Waals surface area contributed by atoms with Crippen LogP contribution < -0.4 is 5.32 Å². The second-order valence-electron chi connectivity index (χ2n) is 4.86. The maximum atomic E-state index is 4.72. The molecule has 100 valence electrons. The fourth-order valence-electron chi connectivity index (χ4n) is 2.50. The van der Waals surface area contributed by atoms with Gasteiger partial charge in [-0.25, -0.2) is 15.0 Å². The standard InChI is InChI=1S/C14H18N4S/c1-3-15-14-10-5-4-6-11(10)17-12(18-14)7-13-16-9(2)8-19-13/h8H,3-7H2,1-2H3,(H,15,17,18). The molecule has 0 aromatic carbocycles. The van der Waals surface area contributed by atoms with Gasteiger partial charge in [-0.05, 0) is 33.1 Å². The highest BCUT2D eigenvalue weighted by atomic mass is 32.1. The highest BCUT2D eigenvalue weighted by Crippen LogP contribution is 2.27. The Kier molecular flexibility index (Phi) is 3.46. The van der Waals surface area contributed by atoms with Crippen molar-refractivity contribution < 1.29 is 0 Å². The summed E-state index contributed by atoms with van der Waals surface area (Å²) in [5, 5.41) is 6.54. The van der Waals surface area contributed by atoms with Gasteiger partial charge in [-0.2, -0.15) is 0 Å². The fraction of sp³-hybridized carbons (Fsp3) is 0.500. The molecule has 1 N–H and O–H groups in total. The average Bonchev–Trinajstić information content (AvgIpc) is 2.99. The van der Waals surface area contributed by atoms with E-state index in [1.54, 1.807) is 11.3 Å². The van der Waals surface area contributed by atoms with Crippen molar-refractivity contribution in [2.24, 2.45) is 0 Å². The molecule has 0 unspecified atom stereocenters. The molecule has 2 aromatic heterocycles. The van der Waals surface area contributed by atoms with E-state index in [2.05, 4.69) is 27.6 Å². The van der Waals surface area contributed by atoms with E-state index < -0.39 is 0 Å². The smallest absolute Gasteiger partial charge is 0.137 e. The van der Waals surface area contributed by atoms with Gasteiger partial charge in [0.05, 0.1) is 6.42 Å². The van der Waals surface area contributed by atoms with E-state index in [-0.39, 0.29) is 0 Å². The number of nitrogens with zero attached hydrogens (tertiary/aromatic N) is 3. The highest BCUT2D eigenvalue weighted by Gasteiger charge is 2.19. The Hall–Kier alpha value is -1.49. The van der Waals surface area contributed by atoms with Gasteiger partial charge in [0.1, 0.15) is 16.6 Å². The van der Waals surface area contributed by atoms with Crippen molar-refractivity contribution in [2.75, 3.05) is 11.9 Å². The largest absolute Gasteiger partial charge is 0.370 e. The monoisotopic (exact) mass is 274 g/mol. The van der Waals surface area contributed by atoms with E-state index in [1.807, 2.05) is 6.92 Å². The van der Waals surface area contributed by atoms with E-state index in [0.717, 1.165) is 48.2 Å². The highest BCUT2D eigenvalue weighted by molar-refractivity contribution is 7.09. The molecule has 0 atom stereocenters. The first-order chi connectivity index (χ1) is 9.26. The van der Waals surface area contributed by atoms with Crippen LogP contribution in [0.2, 0.25) is 0 Å². The molecule has 0 saturated carbocycles. The summed E-state index contributed by atoms with van der Waals surface area (Å²) in [4.78, 5) is 13.9. The van der Waals surface area contributed by atoms with Crippen LogP contribution in [0, 0.1) is 6.92 Å². The molecular weight excluding hydrogens is 256 g/mol. The van der Waals surface area contributed by atoms with Crippen LogP contribution in [0.15, 0.2) is 5.38 Å². The van der Waals surface area contributed by atoms with Gasteiger partial charge in [-0.15, -0.1) is 11.3 Å². The Labute approximate surface area is 117 Å². The van der Waals surface area contributed by atoms with Crippen LogP contribution in [-0.2, 0) is 19.3 Å². The van der Waals surface area contributed by atoms with Crippen molar-refractivity contribution in [3.05, 3.63) is 33.2 Å². The summed E-state index contributed by atoms with van der Waals surface area (Å²) in [5.41, 5.74) is 3.63. The van der Waals surface area contributed by atoms with Crippen molar-refractivity contribution >= 4 is 17.2 Å². The van der Waals surface area contributed by atoms with Gasteiger partial charge in [0.25, 0.3) is 0 Å². The molecule has 0 saturated heterocycles. The van der Waals surface area contributed by atoms with Gasteiger partial charge in [0.15, 0.2) is 0 Å². The Bertz CT molecular complexity index is 591. The zero-order valence-corrected chi connectivity index (χ0v) is 12.2. The zero-order valence-electron chi connectivity index (χ0n) is 11.4. The van der Waals surface area contributed by atoms with Crippen LogP contribution in [0.3, 0.4) is 0 Å². The van der Waals surface area contributed by atoms with Gasteiger partial charge in [-0.1, -0.05) is 0 Å². The van der Waals surface area contributed by atoms with Crippen molar-refractivity contribution in [3.8, 4) is 0 Å². The summed E-state index contributed by atoms with van der Waals surface area (Å²) in [7, 11) is 0. The lowest BCUT2D eigenvalue weighted by Gasteiger charge is -2.10. The lowest BCUT2D eigenvalue weighted by Crippen LogP contribution is -2.08. The molecule has 19 heavy (non-hydrogen) atoms. The number of rotatable bonds is 4. The predicted molar refractivity (Wildman–Crippen MR) is 77.9 cm³/mol. The van der Waals surface area contributed by atoms with Gasteiger partial charge >= 0.3 is 0 Å². The van der Waals surface area contributed by atoms with E-state index >= 15 is 0 Å². The minimum atomic E-state index is 0.740. The van der Waals surface area contributed by atoms with E-state index in [9.17, 15) is 0 Å². The first-order valence-corrected chi connectivity index (χ1v) is 7.67. The van der Waals surface area contributed by atoms with Crippen LogP contribution in [-0.4, -0.2) is 21.5 Å². The molecular formula is C14H18N4S. The Morgan fingerprint density at radius 3 is 2.89 bits per heavy atom. The van der Waals surface area contributed by atoms with Gasteiger partial charge in [0.2, 0.25) is 0 Å². The van der Waals surface area contributed by atoms with Crippen molar-refractivity contribution in [1.82, 2.24) is 15.0 Å². The lowest BCUT2D eigenvalue weighted by atomic mass is 10.2. The summed E-state index contributed by atoms with van der Waals surface area (Å²) in [6, 6.07) is 0. The SMILES string of the molecule is CCNc1nc(Cc2nc(C)cs2)nc2c1CCC2. The summed E-state index contributed by atoms with van der Waals surface area (Å²) in [5.74, 6) is 1.93. The predicted octanol–water partition coefficient (Wildman–Crippen LogP) is 2.75. The van der Waals surface area contributed by atoms with Crippen LogP contribution in [0.1, 0.15) is 41.1 Å². The third kappa shape index (κ3) is 2.61. The first-order valence-electron chi connectivity index (χ1n) is 6.80. The number of hydrogen-bond acceptors (Lipinski definition) is 5. The van der Waals surface area contributed by atoms with Gasteiger partial charge in [0, 0.05) is 28.9 Å². The van der Waals surface area contributed by atoms with Crippen molar-refractivity contribution in [1.29, 1.82) is 0 Å². The van der Waals surface area contributed by atoms with Crippen LogP contribution >= 0.6 is 11.3 Å². The van der Waals surface area contributed by atoms with Crippen molar-refractivity contribution in [2.45, 2.75) is 39.5 Å². The number of thiazole rings is 1. The third-order valence-electron chi connectivity index (χ3n) is 3.30. The normalized spacial score (nSPS) is 13.6. The van der Waals surface area contributed by atoms with Crippen LogP contribution in [0.5, 0.6) is 0 Å². The molecule has 2 aromatic rings. The molecule has 1 aliphatic rings. The first kappa shape index (κ1) is 12.5. The van der Waals surface area contributed by atoms with E-state index in [1.165, 1.54) is 17.7 Å². The maximum Gasteiger partial charge on any atom is 0.137 e. The van der Waals surface area contributed by atoms with Crippen LogP contribution in [0.25, 0.3) is 0 Å². The van der Waals surface area contributed by atoms with Gasteiger partial charge in [-0.3, -0.25) is 0 Å². The molecule has 4 nitrogen and oxygen atoms in total. The second kappa shape index (κ2) is 5.25. The number of fused-ring (bicyclic) bond motifs is 1. The van der Waals surface area contributed by atoms with Crippen molar-refractivity contribution in [3.63, 3.8) is 0 Å².